The highest BCUT2D eigenvalue weighted by molar-refractivity contribution is 4.95. The second-order valence-corrected chi connectivity index (χ2v) is 5.26. The predicted molar refractivity (Wildman–Crippen MR) is 59.8 cm³/mol. The molecule has 2 unspecified atom stereocenters. The van der Waals surface area contributed by atoms with Crippen molar-refractivity contribution in [1.82, 2.24) is 5.32 Å². The third kappa shape index (κ3) is 3.16. The molecule has 2 atom stereocenters. The van der Waals surface area contributed by atoms with Crippen LogP contribution in [-0.2, 0) is 4.74 Å². The first-order valence-corrected chi connectivity index (χ1v) is 6.20. The largest absolute Gasteiger partial charge is 0.396 e. The van der Waals surface area contributed by atoms with Crippen molar-refractivity contribution in [1.29, 1.82) is 0 Å². The maximum Gasteiger partial charge on any atom is 0.0561 e. The van der Waals surface area contributed by atoms with E-state index < -0.39 is 0 Å². The summed E-state index contributed by atoms with van der Waals surface area (Å²) in [6.45, 7) is 4.47. The monoisotopic (exact) mass is 213 g/mol. The van der Waals surface area contributed by atoms with E-state index in [2.05, 4.69) is 12.2 Å². The normalized spacial score (nSPS) is 34.0. The minimum absolute atomic E-state index is 0.339. The van der Waals surface area contributed by atoms with E-state index in [0.29, 0.717) is 24.2 Å². The lowest BCUT2D eigenvalue weighted by Crippen LogP contribution is -2.40. The molecule has 1 heterocycles. The van der Waals surface area contributed by atoms with Crippen LogP contribution in [-0.4, -0.2) is 37.0 Å². The van der Waals surface area contributed by atoms with Gasteiger partial charge in [-0.2, -0.15) is 0 Å². The maximum atomic E-state index is 8.97. The molecule has 2 fully saturated rings. The van der Waals surface area contributed by atoms with Crippen LogP contribution in [0.5, 0.6) is 0 Å². The minimum Gasteiger partial charge on any atom is -0.396 e. The van der Waals surface area contributed by atoms with Crippen molar-refractivity contribution in [2.24, 2.45) is 5.41 Å². The number of rotatable bonds is 5. The molecule has 0 aromatic heterocycles. The third-order valence-corrected chi connectivity index (χ3v) is 3.85. The number of nitrogens with one attached hydrogen (secondary N) is 1. The topological polar surface area (TPSA) is 41.5 Å². The molecular weight excluding hydrogens is 190 g/mol. The van der Waals surface area contributed by atoms with Gasteiger partial charge in [0.15, 0.2) is 0 Å². The summed E-state index contributed by atoms with van der Waals surface area (Å²) in [4.78, 5) is 0. The summed E-state index contributed by atoms with van der Waals surface area (Å²) < 4.78 is 5.52. The molecule has 1 saturated heterocycles. The van der Waals surface area contributed by atoms with E-state index >= 15 is 0 Å². The summed E-state index contributed by atoms with van der Waals surface area (Å²) in [7, 11) is 0. The van der Waals surface area contributed by atoms with Crippen molar-refractivity contribution in [3.05, 3.63) is 0 Å². The summed E-state index contributed by atoms with van der Waals surface area (Å²) >= 11 is 0. The Labute approximate surface area is 92.2 Å². The molecule has 3 nitrogen and oxygen atoms in total. The highest BCUT2D eigenvalue weighted by Gasteiger charge is 2.41. The predicted octanol–water partition coefficient (Wildman–Crippen LogP) is 1.31. The van der Waals surface area contributed by atoms with Crippen LogP contribution in [0.1, 0.15) is 39.0 Å². The quantitative estimate of drug-likeness (QED) is 0.723. The van der Waals surface area contributed by atoms with Gasteiger partial charge in [-0.25, -0.2) is 0 Å². The van der Waals surface area contributed by atoms with Crippen molar-refractivity contribution >= 4 is 0 Å². The van der Waals surface area contributed by atoms with E-state index in [0.717, 1.165) is 32.4 Å². The Morgan fingerprint density at radius 3 is 2.87 bits per heavy atom. The Kier molecular flexibility index (Phi) is 3.65. The molecule has 0 radical (unpaired) electrons. The number of hydrogen-bond acceptors (Lipinski definition) is 3. The molecule has 15 heavy (non-hydrogen) atoms. The fourth-order valence-corrected chi connectivity index (χ4v) is 2.47. The van der Waals surface area contributed by atoms with Gasteiger partial charge in [-0.15, -0.1) is 0 Å². The lowest BCUT2D eigenvalue weighted by Gasteiger charge is -2.29. The summed E-state index contributed by atoms with van der Waals surface area (Å²) in [6, 6.07) is 0.630. The van der Waals surface area contributed by atoms with Crippen molar-refractivity contribution in [3.63, 3.8) is 0 Å². The minimum atomic E-state index is 0.339. The molecule has 1 aliphatic carbocycles. The Bertz CT molecular complexity index is 204. The first-order valence-electron chi connectivity index (χ1n) is 6.20. The smallest absolute Gasteiger partial charge is 0.0561 e. The molecule has 0 spiro atoms. The average molecular weight is 213 g/mol. The number of ether oxygens (including phenoxy) is 1. The molecule has 0 amide bonds. The Balaban J connectivity index is 1.68. The summed E-state index contributed by atoms with van der Waals surface area (Å²) in [6.07, 6.45) is 6.23. The number of aliphatic hydroxyl groups is 1. The van der Waals surface area contributed by atoms with Gasteiger partial charge in [-0.05, 0) is 44.4 Å². The van der Waals surface area contributed by atoms with Crippen LogP contribution >= 0.6 is 0 Å². The van der Waals surface area contributed by atoms with Crippen LogP contribution in [0.4, 0.5) is 0 Å². The van der Waals surface area contributed by atoms with Crippen LogP contribution in [0.3, 0.4) is 0 Å². The zero-order chi connectivity index (χ0) is 10.7. The summed E-state index contributed by atoms with van der Waals surface area (Å²) in [5, 5.41) is 12.6. The molecular formula is C12H23NO2. The molecule has 1 saturated carbocycles. The Morgan fingerprint density at radius 2 is 2.27 bits per heavy atom. The molecule has 2 aliphatic rings. The zero-order valence-corrected chi connectivity index (χ0v) is 9.67. The fourth-order valence-electron chi connectivity index (χ4n) is 2.47. The highest BCUT2D eigenvalue weighted by atomic mass is 16.5. The van der Waals surface area contributed by atoms with Gasteiger partial charge in [-0.3, -0.25) is 0 Å². The van der Waals surface area contributed by atoms with Gasteiger partial charge in [0.25, 0.3) is 0 Å². The average Bonchev–Trinajstić information content (AvgIpc) is 2.97. The molecule has 3 heteroatoms. The Morgan fingerprint density at radius 1 is 1.47 bits per heavy atom. The molecule has 1 aliphatic heterocycles. The van der Waals surface area contributed by atoms with E-state index in [-0.39, 0.29) is 0 Å². The molecule has 2 N–H and O–H groups in total. The van der Waals surface area contributed by atoms with E-state index in [4.69, 9.17) is 9.84 Å². The van der Waals surface area contributed by atoms with Gasteiger partial charge >= 0.3 is 0 Å². The van der Waals surface area contributed by atoms with Gasteiger partial charge in [-0.1, -0.05) is 0 Å². The standard InChI is InChI=1S/C12H23NO2/c1-10-8-11(2-7-15-10)13-9-12(3-4-12)5-6-14/h10-11,13-14H,2-9H2,1H3. The number of hydrogen-bond donors (Lipinski definition) is 2. The van der Waals surface area contributed by atoms with Crippen molar-refractivity contribution in [2.75, 3.05) is 19.8 Å². The highest BCUT2D eigenvalue weighted by Crippen LogP contribution is 2.48. The molecule has 0 bridgehead atoms. The molecule has 88 valence electrons. The molecule has 0 aromatic carbocycles. The van der Waals surface area contributed by atoms with E-state index in [1.165, 1.54) is 12.8 Å². The van der Waals surface area contributed by atoms with Crippen LogP contribution < -0.4 is 5.32 Å². The van der Waals surface area contributed by atoms with E-state index in [9.17, 15) is 0 Å². The number of aliphatic hydroxyl groups excluding tert-OH is 1. The van der Waals surface area contributed by atoms with Gasteiger partial charge in [0.1, 0.15) is 0 Å². The van der Waals surface area contributed by atoms with Gasteiger partial charge in [0, 0.05) is 25.8 Å². The van der Waals surface area contributed by atoms with Crippen LogP contribution in [0, 0.1) is 5.41 Å². The first kappa shape index (κ1) is 11.4. The molecule has 2 rings (SSSR count). The molecule has 0 aromatic rings. The second-order valence-electron chi connectivity index (χ2n) is 5.26. The third-order valence-electron chi connectivity index (χ3n) is 3.85. The summed E-state index contributed by atoms with van der Waals surface area (Å²) in [5.74, 6) is 0. The Hall–Kier alpha value is -0.120. The summed E-state index contributed by atoms with van der Waals surface area (Å²) in [5.41, 5.74) is 0.441. The maximum absolute atomic E-state index is 8.97. The second kappa shape index (κ2) is 4.81. The van der Waals surface area contributed by atoms with E-state index in [1.807, 2.05) is 0 Å². The van der Waals surface area contributed by atoms with Gasteiger partial charge in [0.05, 0.1) is 6.10 Å². The van der Waals surface area contributed by atoms with Crippen LogP contribution in [0.25, 0.3) is 0 Å². The van der Waals surface area contributed by atoms with Crippen molar-refractivity contribution in [3.8, 4) is 0 Å². The van der Waals surface area contributed by atoms with Gasteiger partial charge < -0.3 is 15.2 Å². The van der Waals surface area contributed by atoms with Crippen LogP contribution in [0.2, 0.25) is 0 Å². The SMILES string of the molecule is CC1CC(NCC2(CCO)CC2)CCO1. The lowest BCUT2D eigenvalue weighted by molar-refractivity contribution is 0.0122. The van der Waals surface area contributed by atoms with Crippen molar-refractivity contribution < 1.29 is 9.84 Å². The van der Waals surface area contributed by atoms with Gasteiger partial charge in [0.2, 0.25) is 0 Å². The first-order chi connectivity index (χ1) is 7.24. The lowest BCUT2D eigenvalue weighted by atomic mass is 10.00. The zero-order valence-electron chi connectivity index (χ0n) is 9.67. The van der Waals surface area contributed by atoms with Crippen molar-refractivity contribution in [2.45, 2.75) is 51.2 Å². The van der Waals surface area contributed by atoms with Crippen LogP contribution in [0.15, 0.2) is 0 Å². The fraction of sp³-hybridized carbons (Fsp3) is 1.00. The van der Waals surface area contributed by atoms with E-state index in [1.54, 1.807) is 0 Å².